The Kier molecular flexibility index (Phi) is 7.34. The van der Waals surface area contributed by atoms with Crippen molar-refractivity contribution in [3.63, 3.8) is 0 Å². The van der Waals surface area contributed by atoms with E-state index in [0.717, 1.165) is 0 Å². The molecule has 1 aliphatic heterocycles. The number of nitrogens with one attached hydrogen (secondary N) is 2. The van der Waals surface area contributed by atoms with Gasteiger partial charge in [0.25, 0.3) is 0 Å². The monoisotopic (exact) mass is 418 g/mol. The highest BCUT2D eigenvalue weighted by atomic mass is 19.1. The van der Waals surface area contributed by atoms with Crippen molar-refractivity contribution in [1.82, 2.24) is 15.0 Å². The first kappa shape index (κ1) is 21.7. The third-order valence-corrected chi connectivity index (χ3v) is 4.49. The molecule has 1 atom stereocenters. The van der Waals surface area contributed by atoms with Crippen LogP contribution in [0.25, 0.3) is 0 Å². The summed E-state index contributed by atoms with van der Waals surface area (Å²) in [7, 11) is 1.35. The maximum absolute atomic E-state index is 13.6. The van der Waals surface area contributed by atoms with Gasteiger partial charge >= 0.3 is 5.97 Å². The number of nitrogens with zero attached hydrogens (tertiary/aromatic N) is 4. The van der Waals surface area contributed by atoms with Crippen molar-refractivity contribution < 1.29 is 18.7 Å². The van der Waals surface area contributed by atoms with Crippen molar-refractivity contribution in [2.24, 2.45) is 5.92 Å². The largest absolute Gasteiger partial charge is 0.467 e. The van der Waals surface area contributed by atoms with Gasteiger partial charge in [-0.1, -0.05) is 19.9 Å². The zero-order valence-corrected chi connectivity index (χ0v) is 17.4. The Morgan fingerprint density at radius 1 is 1.23 bits per heavy atom. The second kappa shape index (κ2) is 10.1. The van der Waals surface area contributed by atoms with Crippen molar-refractivity contribution in [3.05, 3.63) is 30.1 Å². The molecule has 2 N–H and O–H groups in total. The molecule has 1 aliphatic rings. The molecule has 0 aliphatic carbocycles. The van der Waals surface area contributed by atoms with Crippen molar-refractivity contribution in [3.8, 4) is 0 Å². The fourth-order valence-electron chi connectivity index (χ4n) is 3.07. The number of anilines is 4. The predicted molar refractivity (Wildman–Crippen MR) is 111 cm³/mol. The van der Waals surface area contributed by atoms with E-state index in [0.29, 0.717) is 44.4 Å². The molecule has 2 aromatic rings. The first-order valence-electron chi connectivity index (χ1n) is 9.90. The predicted octanol–water partition coefficient (Wildman–Crippen LogP) is 2.59. The van der Waals surface area contributed by atoms with E-state index in [1.54, 1.807) is 12.1 Å². The first-order valence-corrected chi connectivity index (χ1v) is 9.90. The van der Waals surface area contributed by atoms with E-state index in [1.807, 2.05) is 18.7 Å². The van der Waals surface area contributed by atoms with Gasteiger partial charge in [-0.25, -0.2) is 9.18 Å². The van der Waals surface area contributed by atoms with Crippen LogP contribution in [0.1, 0.15) is 20.3 Å². The van der Waals surface area contributed by atoms with E-state index in [4.69, 9.17) is 9.47 Å². The highest BCUT2D eigenvalue weighted by molar-refractivity contribution is 5.78. The lowest BCUT2D eigenvalue weighted by molar-refractivity contribution is -0.141. The van der Waals surface area contributed by atoms with Crippen LogP contribution in [0, 0.1) is 11.7 Å². The lowest BCUT2D eigenvalue weighted by atomic mass is 10.0. The second-order valence-corrected chi connectivity index (χ2v) is 7.37. The number of rotatable bonds is 8. The maximum Gasteiger partial charge on any atom is 0.328 e. The topological polar surface area (TPSA) is 102 Å². The molecule has 0 spiro atoms. The summed E-state index contributed by atoms with van der Waals surface area (Å²) in [6.07, 6.45) is 0.553. The SMILES string of the molecule is COC(=O)[C@H](CC(C)C)Nc1nc(Nc2cccc(F)c2)nc(N2CCOCC2)n1. The molecule has 1 aromatic heterocycles. The van der Waals surface area contributed by atoms with Gasteiger partial charge in [-0.3, -0.25) is 0 Å². The molecule has 1 fully saturated rings. The number of methoxy groups -OCH3 is 1. The molecule has 1 aromatic carbocycles. The summed E-state index contributed by atoms with van der Waals surface area (Å²) < 4.78 is 23.9. The molecule has 1 saturated heterocycles. The van der Waals surface area contributed by atoms with E-state index >= 15 is 0 Å². The third kappa shape index (κ3) is 5.99. The number of benzene rings is 1. The van der Waals surface area contributed by atoms with Crippen LogP contribution in [0.2, 0.25) is 0 Å². The molecule has 10 heteroatoms. The van der Waals surface area contributed by atoms with Crippen molar-refractivity contribution in [2.75, 3.05) is 48.9 Å². The fraction of sp³-hybridized carbons (Fsp3) is 0.500. The molecule has 2 heterocycles. The summed E-state index contributed by atoms with van der Waals surface area (Å²) in [5, 5.41) is 6.07. The molecule has 162 valence electrons. The molecule has 0 amide bonds. The Labute approximate surface area is 175 Å². The minimum absolute atomic E-state index is 0.237. The number of hydrogen-bond donors (Lipinski definition) is 2. The molecule has 0 saturated carbocycles. The highest BCUT2D eigenvalue weighted by Crippen LogP contribution is 2.20. The van der Waals surface area contributed by atoms with Gasteiger partial charge in [0.05, 0.1) is 20.3 Å². The standard InChI is InChI=1S/C20H27FN6O3/c1-13(2)11-16(17(28)29-3)23-19-24-18(22-15-6-4-5-14(21)12-15)25-20(26-19)27-7-9-30-10-8-27/h4-6,12-13,16H,7-11H2,1-3H3,(H2,22,23,24,25,26)/t16-/m0/s1. The Bertz CT molecular complexity index is 860. The number of carbonyl (C=O) groups excluding carboxylic acids is 1. The van der Waals surface area contributed by atoms with Gasteiger partial charge in [0.1, 0.15) is 11.9 Å². The molecule has 30 heavy (non-hydrogen) atoms. The van der Waals surface area contributed by atoms with Crippen molar-refractivity contribution >= 4 is 29.5 Å². The van der Waals surface area contributed by atoms with Crippen LogP contribution in [0.5, 0.6) is 0 Å². The molecule has 9 nitrogen and oxygen atoms in total. The summed E-state index contributed by atoms with van der Waals surface area (Å²) >= 11 is 0. The van der Waals surface area contributed by atoms with E-state index < -0.39 is 12.0 Å². The number of aromatic nitrogens is 3. The first-order chi connectivity index (χ1) is 14.4. The van der Waals surface area contributed by atoms with E-state index in [1.165, 1.54) is 19.2 Å². The van der Waals surface area contributed by atoms with E-state index in [9.17, 15) is 9.18 Å². The Hall–Kier alpha value is -3.01. The fourth-order valence-corrected chi connectivity index (χ4v) is 3.07. The highest BCUT2D eigenvalue weighted by Gasteiger charge is 2.23. The number of halogens is 1. The minimum Gasteiger partial charge on any atom is -0.467 e. The Morgan fingerprint density at radius 3 is 2.63 bits per heavy atom. The van der Waals surface area contributed by atoms with Crippen LogP contribution in [0.4, 0.5) is 27.9 Å². The van der Waals surface area contributed by atoms with Crippen LogP contribution in [0.15, 0.2) is 24.3 Å². The summed E-state index contributed by atoms with van der Waals surface area (Å²) in [5.41, 5.74) is 0.506. The molecule has 0 radical (unpaired) electrons. The summed E-state index contributed by atoms with van der Waals surface area (Å²) in [4.78, 5) is 27.5. The average molecular weight is 418 g/mol. The number of ether oxygens (including phenoxy) is 2. The average Bonchev–Trinajstić information content (AvgIpc) is 2.73. The summed E-state index contributed by atoms with van der Waals surface area (Å²) in [5.74, 6) is 0.421. The van der Waals surface area contributed by atoms with Gasteiger partial charge < -0.3 is 25.0 Å². The van der Waals surface area contributed by atoms with Crippen LogP contribution in [0.3, 0.4) is 0 Å². The van der Waals surface area contributed by atoms with Crippen molar-refractivity contribution in [2.45, 2.75) is 26.3 Å². The van der Waals surface area contributed by atoms with E-state index in [2.05, 4.69) is 25.6 Å². The zero-order valence-electron chi connectivity index (χ0n) is 17.4. The molecule has 0 unspecified atom stereocenters. The van der Waals surface area contributed by atoms with Gasteiger partial charge in [0.2, 0.25) is 17.8 Å². The summed E-state index contributed by atoms with van der Waals surface area (Å²) in [6, 6.07) is 5.41. The lowest BCUT2D eigenvalue weighted by Gasteiger charge is -2.27. The van der Waals surface area contributed by atoms with Crippen LogP contribution in [-0.2, 0) is 14.3 Å². The number of hydrogen-bond acceptors (Lipinski definition) is 9. The van der Waals surface area contributed by atoms with Gasteiger partial charge in [0, 0.05) is 18.8 Å². The van der Waals surface area contributed by atoms with Crippen LogP contribution >= 0.6 is 0 Å². The second-order valence-electron chi connectivity index (χ2n) is 7.37. The number of morpholine rings is 1. The van der Waals surface area contributed by atoms with Gasteiger partial charge in [0.15, 0.2) is 0 Å². The molecule has 3 rings (SSSR count). The molecule has 0 bridgehead atoms. The number of esters is 1. The van der Waals surface area contributed by atoms with Crippen LogP contribution in [-0.4, -0.2) is 60.4 Å². The molecular weight excluding hydrogens is 391 g/mol. The number of carbonyl (C=O) groups is 1. The van der Waals surface area contributed by atoms with E-state index in [-0.39, 0.29) is 23.6 Å². The van der Waals surface area contributed by atoms with Gasteiger partial charge in [-0.05, 0) is 30.5 Å². The molecular formula is C20H27FN6O3. The Morgan fingerprint density at radius 2 is 1.97 bits per heavy atom. The van der Waals surface area contributed by atoms with Crippen molar-refractivity contribution in [1.29, 1.82) is 0 Å². The van der Waals surface area contributed by atoms with Gasteiger partial charge in [-0.2, -0.15) is 15.0 Å². The van der Waals surface area contributed by atoms with Gasteiger partial charge in [-0.15, -0.1) is 0 Å². The maximum atomic E-state index is 13.6. The van der Waals surface area contributed by atoms with Crippen LogP contribution < -0.4 is 15.5 Å². The third-order valence-electron chi connectivity index (χ3n) is 4.49. The smallest absolute Gasteiger partial charge is 0.328 e. The summed E-state index contributed by atoms with van der Waals surface area (Å²) in [6.45, 7) is 6.44. The normalized spacial score (nSPS) is 15.0. The Balaban J connectivity index is 1.90. The lowest BCUT2D eigenvalue weighted by Crippen LogP contribution is -2.38. The quantitative estimate of drug-likeness (QED) is 0.626. The zero-order chi connectivity index (χ0) is 21.5. The minimum atomic E-state index is -0.600.